The minimum Gasteiger partial charge on any atom is -0.507 e. The number of ketones is 1. The Bertz CT molecular complexity index is 1550. The molecule has 4 aromatic rings. The number of furan rings is 1. The van der Waals surface area contributed by atoms with Crippen LogP contribution >= 0.6 is 11.3 Å². The number of thiazole rings is 1. The van der Waals surface area contributed by atoms with E-state index in [4.69, 9.17) is 13.9 Å². The van der Waals surface area contributed by atoms with Crippen molar-refractivity contribution in [1.29, 1.82) is 0 Å². The first-order valence-electron chi connectivity index (χ1n) is 10.7. The molecule has 35 heavy (non-hydrogen) atoms. The normalized spacial score (nSPS) is 19.0. The summed E-state index contributed by atoms with van der Waals surface area (Å²) in [6.07, 6.45) is 0. The third kappa shape index (κ3) is 3.45. The number of benzene rings is 2. The van der Waals surface area contributed by atoms with Crippen molar-refractivity contribution in [2.45, 2.75) is 13.0 Å². The lowest BCUT2D eigenvalue weighted by atomic mass is 9.99. The molecule has 2 aromatic carbocycles. The molecule has 176 valence electrons. The van der Waals surface area contributed by atoms with Crippen molar-refractivity contribution in [3.05, 3.63) is 77.0 Å². The van der Waals surface area contributed by atoms with Crippen LogP contribution in [-0.4, -0.2) is 35.0 Å². The van der Waals surface area contributed by atoms with E-state index in [9.17, 15) is 19.1 Å². The number of carbonyl (C=O) groups excluding carboxylic acids is 2. The number of aliphatic hydroxyl groups is 1. The monoisotopic (exact) mass is 492 g/mol. The summed E-state index contributed by atoms with van der Waals surface area (Å²) in [7, 11) is 0. The highest BCUT2D eigenvalue weighted by atomic mass is 32.1. The minimum absolute atomic E-state index is 0.147. The van der Waals surface area contributed by atoms with Crippen molar-refractivity contribution < 1.29 is 33.0 Å². The fourth-order valence-corrected chi connectivity index (χ4v) is 5.25. The summed E-state index contributed by atoms with van der Waals surface area (Å²) in [5.74, 6) is -0.783. The Morgan fingerprint density at radius 3 is 2.66 bits per heavy atom. The number of hydrogen-bond donors (Lipinski definition) is 1. The zero-order valence-electron chi connectivity index (χ0n) is 18.3. The zero-order chi connectivity index (χ0) is 24.3. The highest BCUT2D eigenvalue weighted by Gasteiger charge is 2.49. The van der Waals surface area contributed by atoms with Gasteiger partial charge in [-0.1, -0.05) is 11.3 Å². The van der Waals surface area contributed by atoms with Gasteiger partial charge in [-0.15, -0.1) is 0 Å². The Morgan fingerprint density at radius 2 is 1.89 bits per heavy atom. The number of rotatable bonds is 3. The molecule has 1 saturated heterocycles. The second-order valence-corrected chi connectivity index (χ2v) is 9.09. The summed E-state index contributed by atoms with van der Waals surface area (Å²) in [5, 5.41) is 11.5. The number of fused-ring (bicyclic) bond motifs is 2. The predicted octanol–water partition coefficient (Wildman–Crippen LogP) is 4.73. The molecule has 10 heteroatoms. The number of carbonyl (C=O) groups is 2. The van der Waals surface area contributed by atoms with Crippen LogP contribution in [0.5, 0.6) is 11.5 Å². The van der Waals surface area contributed by atoms with Crippen LogP contribution in [0.15, 0.2) is 58.5 Å². The van der Waals surface area contributed by atoms with Gasteiger partial charge in [0.2, 0.25) is 0 Å². The van der Waals surface area contributed by atoms with Gasteiger partial charge in [0.1, 0.15) is 42.4 Å². The van der Waals surface area contributed by atoms with Crippen LogP contribution in [0.25, 0.3) is 16.0 Å². The van der Waals surface area contributed by atoms with E-state index in [1.54, 1.807) is 37.3 Å². The van der Waals surface area contributed by atoms with E-state index in [0.29, 0.717) is 40.7 Å². The molecule has 1 amide bonds. The van der Waals surface area contributed by atoms with Gasteiger partial charge in [-0.2, -0.15) is 0 Å². The number of halogens is 1. The zero-order valence-corrected chi connectivity index (χ0v) is 19.1. The average Bonchev–Trinajstić information content (AvgIpc) is 3.54. The van der Waals surface area contributed by atoms with E-state index in [-0.39, 0.29) is 27.8 Å². The van der Waals surface area contributed by atoms with Gasteiger partial charge in [0, 0.05) is 5.56 Å². The van der Waals surface area contributed by atoms with Crippen molar-refractivity contribution in [1.82, 2.24) is 4.98 Å². The summed E-state index contributed by atoms with van der Waals surface area (Å²) >= 11 is 1.07. The fourth-order valence-electron chi connectivity index (χ4n) is 4.23. The molecule has 4 heterocycles. The van der Waals surface area contributed by atoms with Crippen LogP contribution < -0.4 is 14.4 Å². The molecule has 8 nitrogen and oxygen atoms in total. The molecule has 0 bridgehead atoms. The molecule has 1 fully saturated rings. The van der Waals surface area contributed by atoms with E-state index in [2.05, 4.69) is 4.98 Å². The summed E-state index contributed by atoms with van der Waals surface area (Å²) in [5.41, 5.74) is 0.618. The van der Waals surface area contributed by atoms with Gasteiger partial charge < -0.3 is 19.0 Å². The highest BCUT2D eigenvalue weighted by molar-refractivity contribution is 7.22. The second-order valence-electron chi connectivity index (χ2n) is 8.08. The van der Waals surface area contributed by atoms with Crippen molar-refractivity contribution >= 4 is 44.1 Å². The Morgan fingerprint density at radius 1 is 1.09 bits per heavy atom. The van der Waals surface area contributed by atoms with Crippen LogP contribution in [0.3, 0.4) is 0 Å². The average molecular weight is 492 g/mol. The molecular weight excluding hydrogens is 475 g/mol. The largest absolute Gasteiger partial charge is 0.507 e. The van der Waals surface area contributed by atoms with Crippen LogP contribution in [0.4, 0.5) is 9.52 Å². The molecule has 0 spiro atoms. The van der Waals surface area contributed by atoms with E-state index in [1.165, 1.54) is 23.1 Å². The number of aromatic nitrogens is 1. The van der Waals surface area contributed by atoms with Crippen molar-refractivity contribution in [2.24, 2.45) is 0 Å². The van der Waals surface area contributed by atoms with Crippen LogP contribution in [0.2, 0.25) is 0 Å². The maximum Gasteiger partial charge on any atom is 0.302 e. The van der Waals surface area contributed by atoms with Crippen molar-refractivity contribution in [2.75, 3.05) is 18.1 Å². The minimum atomic E-state index is -1.07. The Hall–Kier alpha value is -4.18. The number of anilines is 1. The Labute approximate surface area is 201 Å². The first kappa shape index (κ1) is 21.4. The maximum absolute atomic E-state index is 13.8. The third-order valence-electron chi connectivity index (χ3n) is 5.84. The molecule has 2 aliphatic heterocycles. The quantitative estimate of drug-likeness (QED) is 0.251. The number of aryl methyl sites for hydroxylation is 1. The van der Waals surface area contributed by atoms with Gasteiger partial charge in [0.25, 0.3) is 5.78 Å². The van der Waals surface area contributed by atoms with Crippen molar-refractivity contribution in [3.8, 4) is 11.5 Å². The summed E-state index contributed by atoms with van der Waals surface area (Å²) < 4.78 is 31.2. The van der Waals surface area contributed by atoms with Crippen LogP contribution in [0, 0.1) is 12.7 Å². The smallest absolute Gasteiger partial charge is 0.302 e. The van der Waals surface area contributed by atoms with E-state index >= 15 is 0 Å². The van der Waals surface area contributed by atoms with Gasteiger partial charge >= 0.3 is 5.91 Å². The van der Waals surface area contributed by atoms with Gasteiger partial charge in [-0.25, -0.2) is 9.37 Å². The Balaban J connectivity index is 1.53. The fraction of sp³-hybridized carbons (Fsp3) is 0.160. The molecular formula is C25H17FN2O6S. The first-order chi connectivity index (χ1) is 16.9. The van der Waals surface area contributed by atoms with E-state index in [0.717, 1.165) is 11.3 Å². The topological polar surface area (TPSA) is 102 Å². The number of amides is 1. The highest BCUT2D eigenvalue weighted by Crippen LogP contribution is 2.45. The molecule has 2 aromatic heterocycles. The van der Waals surface area contributed by atoms with Crippen molar-refractivity contribution in [3.63, 3.8) is 0 Å². The van der Waals surface area contributed by atoms with Gasteiger partial charge in [0.15, 0.2) is 16.6 Å². The lowest BCUT2D eigenvalue weighted by Crippen LogP contribution is -2.29. The molecule has 0 aliphatic carbocycles. The molecule has 0 radical (unpaired) electrons. The summed E-state index contributed by atoms with van der Waals surface area (Å²) in [6, 6.07) is 11.1. The van der Waals surface area contributed by atoms with E-state index in [1.807, 2.05) is 0 Å². The molecule has 1 N–H and O–H groups in total. The summed E-state index contributed by atoms with van der Waals surface area (Å²) in [4.78, 5) is 32.2. The second kappa shape index (κ2) is 7.95. The van der Waals surface area contributed by atoms with Crippen LogP contribution in [0.1, 0.15) is 23.1 Å². The standard InChI is InChI=1S/C25H17FN2O6S/c1-12-2-6-17(34-12)21-20(22(29)13-3-7-16-18(10-13)33-9-8-32-16)23(30)24(31)28(21)25-27-15-5-4-14(26)11-19(15)35-25/h2-7,10-11,21,29H,8-9H2,1H3. The third-order valence-corrected chi connectivity index (χ3v) is 6.85. The molecule has 1 unspecified atom stereocenters. The lowest BCUT2D eigenvalue weighted by molar-refractivity contribution is -0.132. The summed E-state index contributed by atoms with van der Waals surface area (Å²) in [6.45, 7) is 2.50. The Kier molecular flexibility index (Phi) is 4.85. The molecule has 0 saturated carbocycles. The van der Waals surface area contributed by atoms with Crippen LogP contribution in [-0.2, 0) is 9.59 Å². The first-order valence-corrected chi connectivity index (χ1v) is 11.6. The van der Waals surface area contributed by atoms with Gasteiger partial charge in [-0.05, 0) is 55.5 Å². The molecule has 1 atom stereocenters. The maximum atomic E-state index is 13.8. The van der Waals surface area contributed by atoms with E-state index < -0.39 is 23.5 Å². The van der Waals surface area contributed by atoms with Gasteiger partial charge in [0.05, 0.1) is 15.8 Å². The number of ether oxygens (including phenoxy) is 2. The van der Waals surface area contributed by atoms with Gasteiger partial charge in [-0.3, -0.25) is 14.5 Å². The SMILES string of the molecule is Cc1ccc(C2C(=C(O)c3ccc4c(c3)OCCO4)C(=O)C(=O)N2c2nc3ccc(F)cc3s2)o1. The number of Topliss-reactive ketones (excluding diaryl/α,β-unsaturated/α-hetero) is 1. The number of nitrogens with zero attached hydrogens (tertiary/aromatic N) is 2. The predicted molar refractivity (Wildman–Crippen MR) is 125 cm³/mol. The number of aliphatic hydroxyl groups excluding tert-OH is 1. The number of hydrogen-bond acceptors (Lipinski definition) is 8. The molecule has 6 rings (SSSR count). The lowest BCUT2D eigenvalue weighted by Gasteiger charge is -2.21. The molecule has 2 aliphatic rings.